The second kappa shape index (κ2) is 5.68. The van der Waals surface area contributed by atoms with Gasteiger partial charge in [0.05, 0.1) is 17.4 Å². The van der Waals surface area contributed by atoms with E-state index in [0.29, 0.717) is 19.0 Å². The highest BCUT2D eigenvalue weighted by Gasteiger charge is 2.14. The minimum Gasteiger partial charge on any atom is -0.396 e. The third-order valence-electron chi connectivity index (χ3n) is 2.79. The van der Waals surface area contributed by atoms with Crippen LogP contribution in [0.2, 0.25) is 0 Å². The van der Waals surface area contributed by atoms with Gasteiger partial charge in [-0.3, -0.25) is 9.48 Å². The number of aryl methyl sites for hydroxylation is 1. The predicted octanol–water partition coefficient (Wildman–Crippen LogP) is 1.25. The zero-order chi connectivity index (χ0) is 14.7. The van der Waals surface area contributed by atoms with Crippen LogP contribution in [0.1, 0.15) is 15.9 Å². The molecule has 1 amide bonds. The van der Waals surface area contributed by atoms with Crippen LogP contribution in [0.5, 0.6) is 0 Å². The summed E-state index contributed by atoms with van der Waals surface area (Å²) in [5, 5.41) is 6.54. The topological polar surface area (TPSA) is 72.9 Å². The number of hydrogen-bond donors (Lipinski definition) is 2. The van der Waals surface area contributed by atoms with Gasteiger partial charge in [0.1, 0.15) is 11.6 Å². The maximum Gasteiger partial charge on any atom is 0.254 e. The lowest BCUT2D eigenvalue weighted by Gasteiger charge is -2.07. The number of benzene rings is 1. The van der Waals surface area contributed by atoms with Crippen molar-refractivity contribution in [3.05, 3.63) is 47.3 Å². The molecule has 1 aromatic carbocycles. The van der Waals surface area contributed by atoms with Crippen LogP contribution in [0.25, 0.3) is 0 Å². The largest absolute Gasteiger partial charge is 0.396 e. The summed E-state index contributed by atoms with van der Waals surface area (Å²) in [6.45, 7) is 0.321. The Morgan fingerprint density at radius 1 is 1.40 bits per heavy atom. The quantitative estimate of drug-likeness (QED) is 0.828. The van der Waals surface area contributed by atoms with Gasteiger partial charge in [-0.15, -0.1) is 0 Å². The molecular weight excluding hydrogens is 266 g/mol. The van der Waals surface area contributed by atoms with Gasteiger partial charge in [0.15, 0.2) is 0 Å². The average molecular weight is 280 g/mol. The van der Waals surface area contributed by atoms with Crippen LogP contribution < -0.4 is 11.1 Å². The van der Waals surface area contributed by atoms with Crippen molar-refractivity contribution in [1.29, 1.82) is 0 Å². The number of rotatable bonds is 4. The number of hydrogen-bond acceptors (Lipinski definition) is 3. The van der Waals surface area contributed by atoms with Crippen molar-refractivity contribution in [3.63, 3.8) is 0 Å². The van der Waals surface area contributed by atoms with Crippen LogP contribution in [0.15, 0.2) is 24.5 Å². The highest BCUT2D eigenvalue weighted by molar-refractivity contribution is 5.95. The Bertz CT molecular complexity index is 639. The van der Waals surface area contributed by atoms with Crippen molar-refractivity contribution < 1.29 is 13.6 Å². The van der Waals surface area contributed by atoms with Crippen LogP contribution in [-0.2, 0) is 13.5 Å². The van der Waals surface area contributed by atoms with Crippen molar-refractivity contribution in [3.8, 4) is 0 Å². The van der Waals surface area contributed by atoms with Crippen LogP contribution in [0, 0.1) is 11.6 Å². The molecular formula is C13H14F2N4O. The molecule has 1 aromatic heterocycles. The SMILES string of the molecule is Cn1cc(CCNC(=O)c2cc(N)c(F)cc2F)cn1. The molecule has 2 aromatic rings. The summed E-state index contributed by atoms with van der Waals surface area (Å²) in [6, 6.07) is 1.59. The van der Waals surface area contributed by atoms with E-state index in [2.05, 4.69) is 10.4 Å². The van der Waals surface area contributed by atoms with Gasteiger partial charge in [0.2, 0.25) is 0 Å². The first-order valence-electron chi connectivity index (χ1n) is 5.97. The molecule has 0 spiro atoms. The summed E-state index contributed by atoms with van der Waals surface area (Å²) in [5.41, 5.74) is 5.74. The number of carbonyl (C=O) groups is 1. The van der Waals surface area contributed by atoms with Crippen LogP contribution >= 0.6 is 0 Å². The number of anilines is 1. The Morgan fingerprint density at radius 2 is 2.15 bits per heavy atom. The molecule has 0 unspecified atom stereocenters. The van der Waals surface area contributed by atoms with Crippen LogP contribution in [0.3, 0.4) is 0 Å². The Labute approximate surface area is 114 Å². The van der Waals surface area contributed by atoms with E-state index in [0.717, 1.165) is 11.6 Å². The molecule has 5 nitrogen and oxygen atoms in total. The summed E-state index contributed by atoms with van der Waals surface area (Å²) in [6.07, 6.45) is 4.07. The summed E-state index contributed by atoms with van der Waals surface area (Å²) in [7, 11) is 1.79. The molecule has 0 bridgehead atoms. The van der Waals surface area contributed by atoms with Crippen molar-refractivity contribution in [1.82, 2.24) is 15.1 Å². The van der Waals surface area contributed by atoms with Gasteiger partial charge in [-0.1, -0.05) is 0 Å². The van der Waals surface area contributed by atoms with Crippen molar-refractivity contribution >= 4 is 11.6 Å². The second-order valence-electron chi connectivity index (χ2n) is 4.38. The molecule has 0 aliphatic rings. The molecule has 0 aliphatic heterocycles. The van der Waals surface area contributed by atoms with Crippen molar-refractivity contribution in [2.24, 2.45) is 7.05 Å². The Hall–Kier alpha value is -2.44. The Morgan fingerprint density at radius 3 is 2.80 bits per heavy atom. The maximum absolute atomic E-state index is 13.5. The number of carbonyl (C=O) groups excluding carboxylic acids is 1. The van der Waals surface area contributed by atoms with E-state index in [4.69, 9.17) is 5.73 Å². The fraction of sp³-hybridized carbons (Fsp3) is 0.231. The number of nitrogens with zero attached hydrogens (tertiary/aromatic N) is 2. The third kappa shape index (κ3) is 3.11. The lowest BCUT2D eigenvalue weighted by atomic mass is 10.1. The fourth-order valence-electron chi connectivity index (χ4n) is 1.76. The predicted molar refractivity (Wildman–Crippen MR) is 70.0 cm³/mol. The summed E-state index contributed by atoms with van der Waals surface area (Å²) < 4.78 is 28.1. The average Bonchev–Trinajstić information content (AvgIpc) is 2.79. The smallest absolute Gasteiger partial charge is 0.254 e. The van der Waals surface area contributed by atoms with Crippen molar-refractivity contribution in [2.75, 3.05) is 12.3 Å². The van der Waals surface area contributed by atoms with E-state index in [1.54, 1.807) is 17.9 Å². The first-order chi connectivity index (χ1) is 9.47. The van der Waals surface area contributed by atoms with E-state index in [1.807, 2.05) is 6.20 Å². The van der Waals surface area contributed by atoms with Gasteiger partial charge in [0.25, 0.3) is 5.91 Å². The van der Waals surface area contributed by atoms with Crippen LogP contribution in [-0.4, -0.2) is 22.2 Å². The second-order valence-corrected chi connectivity index (χ2v) is 4.38. The minimum atomic E-state index is -0.935. The molecule has 0 saturated carbocycles. The molecule has 0 radical (unpaired) electrons. The standard InChI is InChI=1S/C13H14F2N4O/c1-19-7-8(6-18-19)2-3-17-13(20)9-4-12(16)11(15)5-10(9)14/h4-7H,2-3,16H2,1H3,(H,17,20). The summed E-state index contributed by atoms with van der Waals surface area (Å²) in [4.78, 5) is 11.8. The highest BCUT2D eigenvalue weighted by atomic mass is 19.1. The molecule has 0 aliphatic carbocycles. The maximum atomic E-state index is 13.5. The number of nitrogens with one attached hydrogen (secondary N) is 1. The van der Waals surface area contributed by atoms with Gasteiger partial charge in [-0.25, -0.2) is 8.78 Å². The highest BCUT2D eigenvalue weighted by Crippen LogP contribution is 2.16. The van der Waals surface area contributed by atoms with Gasteiger partial charge in [-0.05, 0) is 18.1 Å². The van der Waals surface area contributed by atoms with E-state index in [9.17, 15) is 13.6 Å². The lowest BCUT2D eigenvalue weighted by molar-refractivity contribution is 0.0950. The molecule has 0 saturated heterocycles. The van der Waals surface area contributed by atoms with E-state index >= 15 is 0 Å². The van der Waals surface area contributed by atoms with Gasteiger partial charge in [-0.2, -0.15) is 5.10 Å². The minimum absolute atomic E-state index is 0.260. The molecule has 1 heterocycles. The fourth-order valence-corrected chi connectivity index (χ4v) is 1.76. The van der Waals surface area contributed by atoms with E-state index in [1.165, 1.54) is 0 Å². The number of nitrogens with two attached hydrogens (primary N) is 1. The lowest BCUT2D eigenvalue weighted by Crippen LogP contribution is -2.26. The first-order valence-corrected chi connectivity index (χ1v) is 5.97. The summed E-state index contributed by atoms with van der Waals surface area (Å²) >= 11 is 0. The summed E-state index contributed by atoms with van der Waals surface area (Å²) in [5.74, 6) is -2.44. The molecule has 20 heavy (non-hydrogen) atoms. The number of halogens is 2. The normalized spacial score (nSPS) is 10.6. The van der Waals surface area contributed by atoms with Crippen LogP contribution in [0.4, 0.5) is 14.5 Å². The number of amides is 1. The van der Waals surface area contributed by atoms with E-state index in [-0.39, 0.29) is 11.3 Å². The zero-order valence-corrected chi connectivity index (χ0v) is 10.9. The Balaban J connectivity index is 1.97. The molecule has 0 atom stereocenters. The zero-order valence-electron chi connectivity index (χ0n) is 10.9. The molecule has 7 heteroatoms. The monoisotopic (exact) mass is 280 g/mol. The molecule has 0 fully saturated rings. The first kappa shape index (κ1) is 14.0. The molecule has 2 rings (SSSR count). The van der Waals surface area contributed by atoms with Gasteiger partial charge < -0.3 is 11.1 Å². The van der Waals surface area contributed by atoms with Gasteiger partial charge >= 0.3 is 0 Å². The van der Waals surface area contributed by atoms with Gasteiger partial charge in [0, 0.05) is 25.9 Å². The van der Waals surface area contributed by atoms with Crippen molar-refractivity contribution in [2.45, 2.75) is 6.42 Å². The number of aromatic nitrogens is 2. The third-order valence-corrected chi connectivity index (χ3v) is 2.79. The van der Waals surface area contributed by atoms with E-state index < -0.39 is 17.5 Å². The Kier molecular flexibility index (Phi) is 3.97. The molecule has 3 N–H and O–H groups in total. The molecule has 106 valence electrons. The number of nitrogen functional groups attached to an aromatic ring is 1.